The lowest BCUT2D eigenvalue weighted by Crippen LogP contribution is -2.45. The Morgan fingerprint density at radius 2 is 2.15 bits per heavy atom. The van der Waals surface area contributed by atoms with Gasteiger partial charge in [-0.2, -0.15) is 0 Å². The Morgan fingerprint density at radius 3 is 2.77 bits per heavy atom. The van der Waals surface area contributed by atoms with Crippen molar-refractivity contribution in [2.45, 2.75) is 18.9 Å². The van der Waals surface area contributed by atoms with E-state index in [0.717, 1.165) is 12.8 Å². The van der Waals surface area contributed by atoms with E-state index >= 15 is 0 Å². The zero-order valence-electron chi connectivity index (χ0n) is 7.58. The first kappa shape index (κ1) is 10.3. The number of amides is 2. The van der Waals surface area contributed by atoms with Gasteiger partial charge in [-0.05, 0) is 12.8 Å². The summed E-state index contributed by atoms with van der Waals surface area (Å²) >= 11 is 0. The molecule has 1 rings (SSSR count). The average Bonchev–Trinajstić information content (AvgIpc) is 2.16. The van der Waals surface area contributed by atoms with E-state index in [-0.39, 0.29) is 18.7 Å². The minimum atomic E-state index is -0.207. The van der Waals surface area contributed by atoms with Crippen LogP contribution in [-0.4, -0.2) is 43.5 Å². The lowest BCUT2D eigenvalue weighted by atomic mass is 10.1. The Kier molecular flexibility index (Phi) is 4.56. The minimum Gasteiger partial charge on any atom is -0.395 e. The number of nitrogens with one attached hydrogen (secondary N) is 2. The summed E-state index contributed by atoms with van der Waals surface area (Å²) in [6.07, 6.45) is 1.74. The third kappa shape index (κ3) is 4.10. The highest BCUT2D eigenvalue weighted by Gasteiger charge is 2.15. The molecule has 13 heavy (non-hydrogen) atoms. The standard InChI is InChI=1S/C8H16N2O3/c11-4-3-9-8(12)10-7-1-5-13-6-2-7/h7,11H,1-6H2,(H2,9,10,12). The van der Waals surface area contributed by atoms with Crippen LogP contribution in [0.4, 0.5) is 4.79 Å². The van der Waals surface area contributed by atoms with Crippen LogP contribution in [0.2, 0.25) is 0 Å². The fourth-order valence-corrected chi connectivity index (χ4v) is 1.25. The summed E-state index contributed by atoms with van der Waals surface area (Å²) in [5, 5.41) is 13.8. The summed E-state index contributed by atoms with van der Waals surface area (Å²) < 4.78 is 5.15. The molecule has 1 heterocycles. The van der Waals surface area contributed by atoms with E-state index in [1.54, 1.807) is 0 Å². The Balaban J connectivity index is 2.11. The third-order valence-corrected chi connectivity index (χ3v) is 1.95. The van der Waals surface area contributed by atoms with Gasteiger partial charge in [0.05, 0.1) is 6.61 Å². The SMILES string of the molecule is O=C(NCCO)NC1CCOCC1. The van der Waals surface area contributed by atoms with Crippen molar-refractivity contribution >= 4 is 6.03 Å². The largest absolute Gasteiger partial charge is 0.395 e. The maximum absolute atomic E-state index is 11.1. The van der Waals surface area contributed by atoms with Gasteiger partial charge in [0, 0.05) is 25.8 Å². The van der Waals surface area contributed by atoms with Crippen LogP contribution in [0.1, 0.15) is 12.8 Å². The van der Waals surface area contributed by atoms with E-state index in [0.29, 0.717) is 19.8 Å². The molecule has 0 saturated carbocycles. The van der Waals surface area contributed by atoms with Crippen molar-refractivity contribution in [2.24, 2.45) is 0 Å². The highest BCUT2D eigenvalue weighted by atomic mass is 16.5. The molecule has 76 valence electrons. The molecule has 0 aromatic rings. The molecular weight excluding hydrogens is 172 g/mol. The van der Waals surface area contributed by atoms with E-state index < -0.39 is 0 Å². The van der Waals surface area contributed by atoms with Crippen LogP contribution >= 0.6 is 0 Å². The van der Waals surface area contributed by atoms with E-state index in [2.05, 4.69) is 10.6 Å². The first-order valence-corrected chi connectivity index (χ1v) is 4.56. The topological polar surface area (TPSA) is 70.6 Å². The summed E-state index contributed by atoms with van der Waals surface area (Å²) in [6, 6.07) is 0.00777. The molecule has 5 nitrogen and oxygen atoms in total. The van der Waals surface area contributed by atoms with Crippen LogP contribution in [0, 0.1) is 0 Å². The van der Waals surface area contributed by atoms with Gasteiger partial charge in [0.15, 0.2) is 0 Å². The minimum absolute atomic E-state index is 0.0266. The number of ether oxygens (including phenoxy) is 1. The second-order valence-corrected chi connectivity index (χ2v) is 3.01. The fraction of sp³-hybridized carbons (Fsp3) is 0.875. The van der Waals surface area contributed by atoms with Crippen molar-refractivity contribution in [2.75, 3.05) is 26.4 Å². The lowest BCUT2D eigenvalue weighted by molar-refractivity contribution is 0.0800. The molecule has 5 heteroatoms. The predicted molar refractivity (Wildman–Crippen MR) is 47.5 cm³/mol. The molecule has 0 atom stereocenters. The quantitative estimate of drug-likeness (QED) is 0.557. The van der Waals surface area contributed by atoms with Crippen LogP contribution in [0.15, 0.2) is 0 Å². The first-order valence-electron chi connectivity index (χ1n) is 4.56. The van der Waals surface area contributed by atoms with Gasteiger partial charge < -0.3 is 20.5 Å². The van der Waals surface area contributed by atoms with E-state index in [1.807, 2.05) is 0 Å². The van der Waals surface area contributed by atoms with Crippen molar-refractivity contribution in [3.63, 3.8) is 0 Å². The van der Waals surface area contributed by atoms with Gasteiger partial charge in [0.1, 0.15) is 0 Å². The number of carbonyl (C=O) groups excluding carboxylic acids is 1. The highest BCUT2D eigenvalue weighted by molar-refractivity contribution is 5.74. The number of urea groups is 1. The Bertz CT molecular complexity index is 157. The second-order valence-electron chi connectivity index (χ2n) is 3.01. The van der Waals surface area contributed by atoms with Gasteiger partial charge >= 0.3 is 6.03 Å². The summed E-state index contributed by atoms with van der Waals surface area (Å²) in [7, 11) is 0. The molecule has 0 aromatic heterocycles. The molecule has 1 aliphatic heterocycles. The zero-order chi connectivity index (χ0) is 9.52. The number of carbonyl (C=O) groups is 1. The molecule has 0 spiro atoms. The maximum Gasteiger partial charge on any atom is 0.315 e. The van der Waals surface area contributed by atoms with Crippen molar-refractivity contribution in [1.82, 2.24) is 10.6 Å². The average molecular weight is 188 g/mol. The monoisotopic (exact) mass is 188 g/mol. The Hall–Kier alpha value is -0.810. The summed E-state index contributed by atoms with van der Waals surface area (Å²) in [6.45, 7) is 1.70. The van der Waals surface area contributed by atoms with E-state index in [9.17, 15) is 4.79 Å². The van der Waals surface area contributed by atoms with E-state index in [4.69, 9.17) is 9.84 Å². The number of aliphatic hydroxyl groups excluding tert-OH is 1. The molecule has 1 saturated heterocycles. The van der Waals surface area contributed by atoms with E-state index in [1.165, 1.54) is 0 Å². The Labute approximate surface area is 77.5 Å². The number of hydrogen-bond acceptors (Lipinski definition) is 3. The maximum atomic E-state index is 11.1. The van der Waals surface area contributed by atoms with Crippen LogP contribution in [0.3, 0.4) is 0 Å². The highest BCUT2D eigenvalue weighted by Crippen LogP contribution is 2.05. The van der Waals surface area contributed by atoms with Gasteiger partial charge in [-0.1, -0.05) is 0 Å². The number of hydrogen-bond donors (Lipinski definition) is 3. The molecule has 1 aliphatic rings. The Morgan fingerprint density at radius 1 is 1.46 bits per heavy atom. The molecule has 0 aromatic carbocycles. The van der Waals surface area contributed by atoms with Crippen molar-refractivity contribution < 1.29 is 14.6 Å². The number of rotatable bonds is 3. The fourth-order valence-electron chi connectivity index (χ4n) is 1.25. The zero-order valence-corrected chi connectivity index (χ0v) is 7.58. The van der Waals surface area contributed by atoms with Crippen LogP contribution < -0.4 is 10.6 Å². The lowest BCUT2D eigenvalue weighted by Gasteiger charge is -2.23. The molecule has 0 unspecified atom stereocenters. The van der Waals surface area contributed by atoms with Gasteiger partial charge in [0.25, 0.3) is 0 Å². The smallest absolute Gasteiger partial charge is 0.315 e. The van der Waals surface area contributed by atoms with Crippen LogP contribution in [0.5, 0.6) is 0 Å². The molecule has 0 bridgehead atoms. The molecule has 0 aliphatic carbocycles. The van der Waals surface area contributed by atoms with Gasteiger partial charge in [-0.25, -0.2) is 4.79 Å². The molecule has 2 amide bonds. The van der Waals surface area contributed by atoms with Crippen LogP contribution in [-0.2, 0) is 4.74 Å². The first-order chi connectivity index (χ1) is 6.33. The van der Waals surface area contributed by atoms with Crippen LogP contribution in [0.25, 0.3) is 0 Å². The predicted octanol–water partition coefficient (Wildman–Crippen LogP) is -0.543. The van der Waals surface area contributed by atoms with Gasteiger partial charge in [-0.15, -0.1) is 0 Å². The normalized spacial score (nSPS) is 18.2. The second kappa shape index (κ2) is 5.77. The molecule has 3 N–H and O–H groups in total. The van der Waals surface area contributed by atoms with Crippen molar-refractivity contribution in [3.8, 4) is 0 Å². The summed E-state index contributed by atoms with van der Waals surface area (Å²) in [5.74, 6) is 0. The molecule has 0 radical (unpaired) electrons. The third-order valence-electron chi connectivity index (χ3n) is 1.95. The molecular formula is C8H16N2O3. The summed E-state index contributed by atoms with van der Waals surface area (Å²) in [5.41, 5.74) is 0. The summed E-state index contributed by atoms with van der Waals surface area (Å²) in [4.78, 5) is 11.1. The number of aliphatic hydroxyl groups is 1. The van der Waals surface area contributed by atoms with Crippen molar-refractivity contribution in [3.05, 3.63) is 0 Å². The van der Waals surface area contributed by atoms with Gasteiger partial charge in [-0.3, -0.25) is 0 Å². The molecule has 1 fully saturated rings. The van der Waals surface area contributed by atoms with Gasteiger partial charge in [0.2, 0.25) is 0 Å². The van der Waals surface area contributed by atoms with Crippen molar-refractivity contribution in [1.29, 1.82) is 0 Å².